The number of carbonyl (C=O) groups excluding carboxylic acids is 2. The Balaban J connectivity index is 1.44. The summed E-state index contributed by atoms with van der Waals surface area (Å²) in [6.45, 7) is 11.7. The molecule has 0 aromatic rings. The number of ether oxygens (including phenoxy) is 2. The van der Waals surface area contributed by atoms with Gasteiger partial charge in [0.05, 0.1) is 6.10 Å². The first-order valence-corrected chi connectivity index (χ1v) is 13.9. The second-order valence-electron chi connectivity index (χ2n) is 13.2. The summed E-state index contributed by atoms with van der Waals surface area (Å²) in [6, 6.07) is 0. The molecule has 10 unspecified atom stereocenters. The molecule has 0 amide bonds. The van der Waals surface area contributed by atoms with Gasteiger partial charge in [0.25, 0.3) is 0 Å². The van der Waals surface area contributed by atoms with Crippen molar-refractivity contribution in [3.63, 3.8) is 0 Å². The van der Waals surface area contributed by atoms with Crippen molar-refractivity contribution in [3.8, 4) is 0 Å². The monoisotopic (exact) mass is 500 g/mol. The average molecular weight is 501 g/mol. The maximum absolute atomic E-state index is 12.5. The summed E-state index contributed by atoms with van der Waals surface area (Å²) in [6.07, 6.45) is 7.74. The van der Waals surface area contributed by atoms with Crippen LogP contribution in [0.4, 0.5) is 0 Å². The average Bonchev–Trinajstić information content (AvgIpc) is 3.15. The second kappa shape index (κ2) is 8.69. The van der Waals surface area contributed by atoms with Crippen LogP contribution in [-0.4, -0.2) is 46.1 Å². The van der Waals surface area contributed by atoms with Gasteiger partial charge in [-0.15, -0.1) is 0 Å². The fourth-order valence-electron chi connectivity index (χ4n) is 9.42. The van der Waals surface area contributed by atoms with Gasteiger partial charge in [-0.05, 0) is 88.4 Å². The third-order valence-electron chi connectivity index (χ3n) is 11.5. The van der Waals surface area contributed by atoms with Crippen molar-refractivity contribution < 1.29 is 29.3 Å². The lowest BCUT2D eigenvalue weighted by Gasteiger charge is -2.60. The van der Waals surface area contributed by atoms with E-state index in [1.807, 2.05) is 13.8 Å². The molecule has 200 valence electrons. The topological polar surface area (TPSA) is 93.1 Å². The number of fused-ring (bicyclic) bond motifs is 5. The number of rotatable bonds is 3. The lowest BCUT2D eigenvalue weighted by Crippen LogP contribution is -2.59. The number of allylic oxidation sites excluding steroid dienone is 1. The fraction of sp³-hybridized carbons (Fsp3) is 0.800. The molecule has 0 aromatic heterocycles. The molecule has 0 aromatic carbocycles. The molecule has 5 aliphatic rings. The van der Waals surface area contributed by atoms with Crippen molar-refractivity contribution in [2.75, 3.05) is 0 Å². The van der Waals surface area contributed by atoms with E-state index in [9.17, 15) is 19.8 Å². The highest BCUT2D eigenvalue weighted by Crippen LogP contribution is 2.68. The molecule has 6 nitrogen and oxygen atoms in total. The van der Waals surface area contributed by atoms with Crippen LogP contribution < -0.4 is 0 Å². The first-order chi connectivity index (χ1) is 16.8. The Morgan fingerprint density at radius 1 is 1.17 bits per heavy atom. The standard InChI is InChI=1S/C30H44O6/c1-16-13-26(36-27(33)17(16)2)30(6,34)24-10-9-22-21-8-7-19-14-20(32)15-25(35-18(3)31)29(19,5)23(21)11-12-28(22,24)4/h7,20-26,32,34H,8-15H2,1-6H3. The van der Waals surface area contributed by atoms with Gasteiger partial charge in [-0.25, -0.2) is 4.79 Å². The number of aliphatic hydroxyl groups is 2. The van der Waals surface area contributed by atoms with Gasteiger partial charge in [-0.3, -0.25) is 4.79 Å². The molecule has 1 heterocycles. The third-order valence-corrected chi connectivity index (χ3v) is 11.5. The van der Waals surface area contributed by atoms with Crippen LogP contribution in [-0.2, 0) is 19.1 Å². The van der Waals surface area contributed by atoms with Crippen LogP contribution in [0.5, 0.6) is 0 Å². The Labute approximate surface area is 215 Å². The largest absolute Gasteiger partial charge is 0.462 e. The zero-order valence-corrected chi connectivity index (χ0v) is 22.8. The molecule has 5 rings (SSSR count). The maximum atomic E-state index is 12.5. The predicted molar refractivity (Wildman–Crippen MR) is 136 cm³/mol. The molecule has 0 radical (unpaired) electrons. The molecular formula is C30H44O6. The number of cyclic esters (lactones) is 1. The van der Waals surface area contributed by atoms with Crippen LogP contribution in [0.15, 0.2) is 22.8 Å². The molecular weight excluding hydrogens is 456 g/mol. The van der Waals surface area contributed by atoms with Crippen molar-refractivity contribution in [2.24, 2.45) is 34.5 Å². The summed E-state index contributed by atoms with van der Waals surface area (Å²) in [4.78, 5) is 24.5. The van der Waals surface area contributed by atoms with Gasteiger partial charge in [0, 0.05) is 30.8 Å². The number of hydrogen-bond acceptors (Lipinski definition) is 6. The molecule has 10 atom stereocenters. The Morgan fingerprint density at radius 2 is 1.89 bits per heavy atom. The highest BCUT2D eigenvalue weighted by molar-refractivity contribution is 5.89. The molecule has 36 heavy (non-hydrogen) atoms. The Kier molecular flexibility index (Phi) is 6.27. The maximum Gasteiger partial charge on any atom is 0.334 e. The van der Waals surface area contributed by atoms with E-state index in [0.29, 0.717) is 42.6 Å². The zero-order valence-electron chi connectivity index (χ0n) is 22.8. The van der Waals surface area contributed by atoms with Crippen LogP contribution in [0.3, 0.4) is 0 Å². The van der Waals surface area contributed by atoms with Crippen molar-refractivity contribution >= 4 is 11.9 Å². The van der Waals surface area contributed by atoms with Crippen molar-refractivity contribution in [3.05, 3.63) is 22.8 Å². The molecule has 2 N–H and O–H groups in total. The molecule has 0 bridgehead atoms. The van der Waals surface area contributed by atoms with Gasteiger partial charge < -0.3 is 19.7 Å². The Hall–Kier alpha value is -1.66. The highest BCUT2D eigenvalue weighted by Gasteiger charge is 2.64. The SMILES string of the molecule is CC(=O)OC1CC(O)CC2=CCC3C4CCC(C(C)(O)C5CC(C)=C(C)C(=O)O5)C4(C)CCC3C21C. The molecule has 3 fully saturated rings. The van der Waals surface area contributed by atoms with Crippen molar-refractivity contribution in [1.29, 1.82) is 0 Å². The number of hydrogen-bond donors (Lipinski definition) is 2. The van der Waals surface area contributed by atoms with Crippen LogP contribution in [0, 0.1) is 34.5 Å². The van der Waals surface area contributed by atoms with E-state index in [2.05, 4.69) is 19.9 Å². The smallest absolute Gasteiger partial charge is 0.334 e. The minimum absolute atomic E-state index is 0.0476. The van der Waals surface area contributed by atoms with Crippen LogP contribution in [0.2, 0.25) is 0 Å². The quantitative estimate of drug-likeness (QED) is 0.424. The van der Waals surface area contributed by atoms with E-state index < -0.39 is 17.8 Å². The molecule has 3 saturated carbocycles. The van der Waals surface area contributed by atoms with Gasteiger partial charge in [-0.2, -0.15) is 0 Å². The second-order valence-corrected chi connectivity index (χ2v) is 13.2. The van der Waals surface area contributed by atoms with Gasteiger partial charge in [0.1, 0.15) is 17.8 Å². The summed E-state index contributed by atoms with van der Waals surface area (Å²) in [7, 11) is 0. The summed E-state index contributed by atoms with van der Waals surface area (Å²) in [5, 5.41) is 22.5. The van der Waals surface area contributed by atoms with E-state index in [-0.39, 0.29) is 34.8 Å². The van der Waals surface area contributed by atoms with E-state index in [4.69, 9.17) is 9.47 Å². The third kappa shape index (κ3) is 3.73. The highest BCUT2D eigenvalue weighted by atomic mass is 16.6. The van der Waals surface area contributed by atoms with E-state index in [1.165, 1.54) is 12.5 Å². The van der Waals surface area contributed by atoms with Gasteiger partial charge in [0.15, 0.2) is 0 Å². The molecule has 0 spiro atoms. The summed E-state index contributed by atoms with van der Waals surface area (Å²) in [5.74, 6) is 0.749. The Morgan fingerprint density at radius 3 is 2.56 bits per heavy atom. The first kappa shape index (κ1) is 26.0. The van der Waals surface area contributed by atoms with Crippen LogP contribution >= 0.6 is 0 Å². The van der Waals surface area contributed by atoms with Crippen LogP contribution in [0.1, 0.15) is 92.9 Å². The van der Waals surface area contributed by atoms with E-state index in [0.717, 1.165) is 37.7 Å². The Bertz CT molecular complexity index is 1010. The molecule has 0 saturated heterocycles. The number of carbonyl (C=O) groups is 2. The summed E-state index contributed by atoms with van der Waals surface area (Å²) >= 11 is 0. The fourth-order valence-corrected chi connectivity index (χ4v) is 9.42. The van der Waals surface area contributed by atoms with Gasteiger partial charge >= 0.3 is 11.9 Å². The lowest BCUT2D eigenvalue weighted by atomic mass is 9.46. The normalized spacial score (nSPS) is 46.1. The minimum Gasteiger partial charge on any atom is -0.462 e. The van der Waals surface area contributed by atoms with Crippen molar-refractivity contribution in [2.45, 2.75) is 117 Å². The van der Waals surface area contributed by atoms with E-state index >= 15 is 0 Å². The lowest BCUT2D eigenvalue weighted by molar-refractivity contribution is -0.185. The minimum atomic E-state index is -1.09. The van der Waals surface area contributed by atoms with Gasteiger partial charge in [0.2, 0.25) is 0 Å². The van der Waals surface area contributed by atoms with E-state index in [1.54, 1.807) is 6.92 Å². The predicted octanol–water partition coefficient (Wildman–Crippen LogP) is 4.87. The first-order valence-electron chi connectivity index (χ1n) is 13.9. The van der Waals surface area contributed by atoms with Gasteiger partial charge in [-0.1, -0.05) is 31.1 Å². The van der Waals surface area contributed by atoms with Crippen molar-refractivity contribution in [1.82, 2.24) is 0 Å². The molecule has 6 heteroatoms. The molecule has 4 aliphatic carbocycles. The zero-order chi connectivity index (χ0) is 26.2. The number of esters is 2. The summed E-state index contributed by atoms with van der Waals surface area (Å²) in [5.41, 5.74) is 1.53. The number of aliphatic hydroxyl groups excluding tert-OH is 1. The molecule has 1 aliphatic heterocycles. The van der Waals surface area contributed by atoms with Crippen LogP contribution in [0.25, 0.3) is 0 Å². The summed E-state index contributed by atoms with van der Waals surface area (Å²) < 4.78 is 11.7.